The number of aryl methyl sites for hydroxylation is 1. The highest BCUT2D eigenvalue weighted by Crippen LogP contribution is 2.31. The minimum atomic E-state index is -0.429. The molecule has 5 rings (SSSR count). The predicted molar refractivity (Wildman–Crippen MR) is 134 cm³/mol. The number of nitro benzene ring substituents is 1. The van der Waals surface area contributed by atoms with Crippen molar-refractivity contribution in [3.05, 3.63) is 100.0 Å². The third-order valence-electron chi connectivity index (χ3n) is 5.64. The highest BCUT2D eigenvalue weighted by molar-refractivity contribution is 6.04. The molecule has 0 fully saturated rings. The van der Waals surface area contributed by atoms with Crippen molar-refractivity contribution in [1.29, 1.82) is 0 Å². The Bertz CT molecular complexity index is 1610. The van der Waals surface area contributed by atoms with Crippen molar-refractivity contribution in [2.45, 2.75) is 13.5 Å². The second kappa shape index (κ2) is 9.22. The fourth-order valence-electron chi connectivity index (χ4n) is 3.90. The van der Waals surface area contributed by atoms with E-state index in [1.807, 2.05) is 13.0 Å². The maximum absolute atomic E-state index is 12.7. The quantitative estimate of drug-likeness (QED) is 0.273. The number of para-hydroxylation sites is 1. The molecule has 5 aromatic rings. The van der Waals surface area contributed by atoms with Crippen molar-refractivity contribution in [3.8, 4) is 11.3 Å². The molecule has 11 nitrogen and oxygen atoms in total. The van der Waals surface area contributed by atoms with Gasteiger partial charge >= 0.3 is 0 Å². The van der Waals surface area contributed by atoms with Gasteiger partial charge < -0.3 is 11.1 Å². The van der Waals surface area contributed by atoms with Gasteiger partial charge in [0.2, 0.25) is 0 Å². The van der Waals surface area contributed by atoms with Crippen molar-refractivity contribution in [2.24, 2.45) is 0 Å². The summed E-state index contributed by atoms with van der Waals surface area (Å²) in [5.41, 5.74) is 9.71. The molecule has 0 unspecified atom stereocenters. The number of nitrogens with zero attached hydrogens (tertiary/aromatic N) is 6. The number of amides is 1. The second-order valence-corrected chi connectivity index (χ2v) is 8.10. The van der Waals surface area contributed by atoms with Gasteiger partial charge in [-0.05, 0) is 36.8 Å². The number of nitro groups is 1. The van der Waals surface area contributed by atoms with Gasteiger partial charge in [-0.15, -0.1) is 0 Å². The number of hydrogen-bond acceptors (Lipinski definition) is 8. The summed E-state index contributed by atoms with van der Waals surface area (Å²) in [7, 11) is 0. The van der Waals surface area contributed by atoms with E-state index in [2.05, 4.69) is 25.4 Å². The number of rotatable bonds is 6. The SMILES string of the molecule is Cc1ccnc(NC(=O)c2ccc(-c3nn(Cc4ccccc4[N+](=O)[O-])c4ncnc(N)c34)cc2)c1. The van der Waals surface area contributed by atoms with Gasteiger partial charge in [0.1, 0.15) is 23.7 Å². The van der Waals surface area contributed by atoms with E-state index in [9.17, 15) is 14.9 Å². The average Bonchev–Trinajstić information content (AvgIpc) is 3.24. The molecule has 0 aliphatic rings. The third-order valence-corrected chi connectivity index (χ3v) is 5.64. The fraction of sp³-hybridized carbons (Fsp3) is 0.0800. The number of hydrogen-bond donors (Lipinski definition) is 2. The van der Waals surface area contributed by atoms with Crippen LogP contribution in [0.5, 0.6) is 0 Å². The van der Waals surface area contributed by atoms with Crippen LogP contribution in [0, 0.1) is 17.0 Å². The highest BCUT2D eigenvalue weighted by atomic mass is 16.6. The molecule has 0 spiro atoms. The van der Waals surface area contributed by atoms with Crippen molar-refractivity contribution < 1.29 is 9.72 Å². The Labute approximate surface area is 204 Å². The van der Waals surface area contributed by atoms with Crippen LogP contribution in [0.25, 0.3) is 22.3 Å². The minimum Gasteiger partial charge on any atom is -0.383 e. The minimum absolute atomic E-state index is 0.0109. The summed E-state index contributed by atoms with van der Waals surface area (Å²) in [4.78, 5) is 36.3. The lowest BCUT2D eigenvalue weighted by Crippen LogP contribution is -2.12. The normalized spacial score (nSPS) is 10.9. The molecular weight excluding hydrogens is 460 g/mol. The largest absolute Gasteiger partial charge is 0.383 e. The maximum atomic E-state index is 12.7. The van der Waals surface area contributed by atoms with Crippen LogP contribution in [0.2, 0.25) is 0 Å². The summed E-state index contributed by atoms with van der Waals surface area (Å²) in [5.74, 6) is 0.402. The molecule has 1 amide bonds. The van der Waals surface area contributed by atoms with E-state index in [0.29, 0.717) is 39.2 Å². The summed E-state index contributed by atoms with van der Waals surface area (Å²) in [6, 6.07) is 16.9. The number of carbonyl (C=O) groups excluding carboxylic acids is 1. The zero-order valence-corrected chi connectivity index (χ0v) is 19.1. The Balaban J connectivity index is 1.49. The zero-order valence-electron chi connectivity index (χ0n) is 19.1. The standard InChI is InChI=1S/C25H20N8O3/c1-15-10-11-27-20(12-15)30-25(34)17-8-6-16(7-9-17)22-21-23(26)28-14-29-24(21)32(31-22)13-18-4-2-3-5-19(18)33(35)36/h2-12,14H,13H2,1H3,(H2,26,28,29)(H,27,30,34). The third kappa shape index (κ3) is 4.32. The average molecular weight is 480 g/mol. The predicted octanol–water partition coefficient (Wildman–Crippen LogP) is 3.99. The topological polar surface area (TPSA) is 155 Å². The van der Waals surface area contributed by atoms with Crippen LogP contribution >= 0.6 is 0 Å². The lowest BCUT2D eigenvalue weighted by Gasteiger charge is -2.06. The van der Waals surface area contributed by atoms with Crippen LogP contribution in [0.1, 0.15) is 21.5 Å². The number of nitrogen functional groups attached to an aromatic ring is 1. The summed E-state index contributed by atoms with van der Waals surface area (Å²) in [6.07, 6.45) is 2.96. The molecule has 0 aliphatic heterocycles. The summed E-state index contributed by atoms with van der Waals surface area (Å²) in [6.45, 7) is 2.04. The Morgan fingerprint density at radius 1 is 1.08 bits per heavy atom. The van der Waals surface area contributed by atoms with Crippen LogP contribution in [-0.2, 0) is 6.54 Å². The molecular formula is C25H20N8O3. The molecule has 0 saturated carbocycles. The molecule has 2 aromatic carbocycles. The number of anilines is 2. The Morgan fingerprint density at radius 3 is 2.61 bits per heavy atom. The number of nitrogens with one attached hydrogen (secondary N) is 1. The molecule has 11 heteroatoms. The van der Waals surface area contributed by atoms with Gasteiger partial charge in [-0.2, -0.15) is 5.10 Å². The van der Waals surface area contributed by atoms with Gasteiger partial charge in [-0.25, -0.2) is 19.6 Å². The van der Waals surface area contributed by atoms with Crippen molar-refractivity contribution in [1.82, 2.24) is 24.7 Å². The zero-order chi connectivity index (χ0) is 25.2. The van der Waals surface area contributed by atoms with Crippen molar-refractivity contribution >= 4 is 34.3 Å². The Kier molecular flexibility index (Phi) is 5.79. The van der Waals surface area contributed by atoms with Gasteiger partial charge in [0.15, 0.2) is 5.65 Å². The maximum Gasteiger partial charge on any atom is 0.274 e. The van der Waals surface area contributed by atoms with E-state index in [-0.39, 0.29) is 24.0 Å². The Morgan fingerprint density at radius 2 is 1.86 bits per heavy atom. The second-order valence-electron chi connectivity index (χ2n) is 8.10. The number of carbonyl (C=O) groups is 1. The summed E-state index contributed by atoms with van der Waals surface area (Å²) < 4.78 is 1.56. The molecule has 3 heterocycles. The first-order chi connectivity index (χ1) is 17.4. The van der Waals surface area contributed by atoms with E-state index in [4.69, 9.17) is 5.73 Å². The molecule has 3 aromatic heterocycles. The molecule has 0 radical (unpaired) electrons. The van der Waals surface area contributed by atoms with Gasteiger partial charge in [0, 0.05) is 23.4 Å². The van der Waals surface area contributed by atoms with Gasteiger partial charge in [0.25, 0.3) is 11.6 Å². The van der Waals surface area contributed by atoms with Gasteiger partial charge in [-0.3, -0.25) is 14.9 Å². The van der Waals surface area contributed by atoms with E-state index < -0.39 is 4.92 Å². The molecule has 0 aliphatic carbocycles. The molecule has 0 saturated heterocycles. The van der Waals surface area contributed by atoms with Crippen LogP contribution in [0.3, 0.4) is 0 Å². The number of pyridine rings is 1. The van der Waals surface area contributed by atoms with Crippen molar-refractivity contribution in [3.63, 3.8) is 0 Å². The Hall–Kier alpha value is -5.19. The molecule has 3 N–H and O–H groups in total. The summed E-state index contributed by atoms with van der Waals surface area (Å²) >= 11 is 0. The lowest BCUT2D eigenvalue weighted by atomic mass is 10.1. The van der Waals surface area contributed by atoms with Crippen LogP contribution < -0.4 is 11.1 Å². The first-order valence-corrected chi connectivity index (χ1v) is 10.9. The van der Waals surface area contributed by atoms with E-state index >= 15 is 0 Å². The van der Waals surface area contributed by atoms with Crippen LogP contribution in [0.15, 0.2) is 73.2 Å². The molecule has 36 heavy (non-hydrogen) atoms. The molecule has 0 bridgehead atoms. The first-order valence-electron chi connectivity index (χ1n) is 10.9. The number of benzene rings is 2. The van der Waals surface area contributed by atoms with Gasteiger partial charge in [0.05, 0.1) is 22.4 Å². The molecule has 0 atom stereocenters. The van der Waals surface area contributed by atoms with Crippen LogP contribution in [0.4, 0.5) is 17.3 Å². The van der Waals surface area contributed by atoms with E-state index in [0.717, 1.165) is 5.56 Å². The van der Waals surface area contributed by atoms with Gasteiger partial charge in [-0.1, -0.05) is 30.3 Å². The van der Waals surface area contributed by atoms with E-state index in [1.165, 1.54) is 12.4 Å². The van der Waals surface area contributed by atoms with Crippen LogP contribution in [-0.4, -0.2) is 35.6 Å². The monoisotopic (exact) mass is 480 g/mol. The fourth-order valence-corrected chi connectivity index (χ4v) is 3.90. The lowest BCUT2D eigenvalue weighted by molar-refractivity contribution is -0.385. The first kappa shape index (κ1) is 22.6. The summed E-state index contributed by atoms with van der Waals surface area (Å²) in [5, 5.41) is 19.4. The number of nitrogens with two attached hydrogens (primary N) is 1. The smallest absolute Gasteiger partial charge is 0.274 e. The number of fused-ring (bicyclic) bond motifs is 1. The highest BCUT2D eigenvalue weighted by Gasteiger charge is 2.20. The molecule has 178 valence electrons. The van der Waals surface area contributed by atoms with E-state index in [1.54, 1.807) is 59.4 Å². The van der Waals surface area contributed by atoms with Crippen molar-refractivity contribution in [2.75, 3.05) is 11.1 Å². The number of aromatic nitrogens is 5.